The maximum Gasteiger partial charge on any atom is 0.264 e. The average Bonchev–Trinajstić information content (AvgIpc) is 3.50. The highest BCUT2D eigenvalue weighted by molar-refractivity contribution is 6.07. The van der Waals surface area contributed by atoms with E-state index in [1.54, 1.807) is 37.2 Å². The number of anilines is 2. The Balaban J connectivity index is 1.59. The summed E-state index contributed by atoms with van der Waals surface area (Å²) >= 11 is 0. The second kappa shape index (κ2) is 10.3. The van der Waals surface area contributed by atoms with Gasteiger partial charge in [-0.05, 0) is 60.7 Å². The van der Waals surface area contributed by atoms with E-state index >= 15 is 0 Å². The number of hydrogen-bond acceptors (Lipinski definition) is 4. The summed E-state index contributed by atoms with van der Waals surface area (Å²) in [5, 5.41) is 7.68. The van der Waals surface area contributed by atoms with Crippen molar-refractivity contribution < 1.29 is 18.3 Å². The summed E-state index contributed by atoms with van der Waals surface area (Å²) < 4.78 is 37.7. The highest BCUT2D eigenvalue weighted by Crippen LogP contribution is 2.42. The Labute approximate surface area is 214 Å². The standard InChI is InChI=1S/C28H31F2N5O2/c1-4-10-37-17-34-16-24(28(36)31-2)22-12-20(7-8-25(22)34)35-9-5-6-18-11-21(19-14-32-33(3)15-19)23(27(29)30)13-26(18)35/h7-8,11-16,27H,4-6,9-10,17H2,1-3H3,(H,31,36). The Kier molecular flexibility index (Phi) is 6.97. The minimum absolute atomic E-state index is 0.00926. The van der Waals surface area contributed by atoms with E-state index in [1.807, 2.05) is 42.0 Å². The van der Waals surface area contributed by atoms with E-state index < -0.39 is 6.43 Å². The third kappa shape index (κ3) is 4.71. The molecule has 0 spiro atoms. The molecule has 0 atom stereocenters. The molecule has 0 fully saturated rings. The summed E-state index contributed by atoms with van der Waals surface area (Å²) in [6, 6.07) is 9.44. The van der Waals surface area contributed by atoms with E-state index in [4.69, 9.17) is 4.74 Å². The maximum atomic E-state index is 14.2. The number of ether oxygens (including phenoxy) is 1. The van der Waals surface area contributed by atoms with Gasteiger partial charge in [-0.3, -0.25) is 9.48 Å². The molecule has 0 saturated heterocycles. The number of rotatable bonds is 8. The molecule has 2 aromatic heterocycles. The van der Waals surface area contributed by atoms with Gasteiger partial charge in [-0.15, -0.1) is 0 Å². The number of nitrogens with zero attached hydrogens (tertiary/aromatic N) is 4. The highest BCUT2D eigenvalue weighted by Gasteiger charge is 2.25. The Morgan fingerprint density at radius 1 is 1.22 bits per heavy atom. The van der Waals surface area contributed by atoms with Crippen LogP contribution in [-0.2, 0) is 24.9 Å². The number of aryl methyl sites for hydroxylation is 2. The van der Waals surface area contributed by atoms with Crippen molar-refractivity contribution in [3.8, 4) is 11.1 Å². The number of carbonyl (C=O) groups excluding carboxylic acids is 1. The number of hydrogen-bond donors (Lipinski definition) is 1. The molecule has 0 unspecified atom stereocenters. The molecule has 2 aromatic carbocycles. The van der Waals surface area contributed by atoms with Gasteiger partial charge in [0.05, 0.1) is 17.3 Å². The molecule has 5 rings (SSSR count). The van der Waals surface area contributed by atoms with Crippen LogP contribution in [0.2, 0.25) is 0 Å². The fraction of sp³-hybridized carbons (Fsp3) is 0.357. The molecule has 0 saturated carbocycles. The van der Waals surface area contributed by atoms with Crippen LogP contribution in [0.4, 0.5) is 20.2 Å². The number of nitrogens with one attached hydrogen (secondary N) is 1. The van der Waals surface area contributed by atoms with Crippen molar-refractivity contribution in [3.63, 3.8) is 0 Å². The Hall–Kier alpha value is -3.72. The zero-order valence-electron chi connectivity index (χ0n) is 21.3. The van der Waals surface area contributed by atoms with E-state index in [0.717, 1.165) is 47.1 Å². The molecular formula is C28H31F2N5O2. The van der Waals surface area contributed by atoms with Crippen molar-refractivity contribution in [2.24, 2.45) is 7.05 Å². The monoisotopic (exact) mass is 507 g/mol. The molecule has 3 heterocycles. The van der Waals surface area contributed by atoms with E-state index in [2.05, 4.69) is 15.3 Å². The molecule has 194 valence electrons. The lowest BCUT2D eigenvalue weighted by atomic mass is 9.92. The quantitative estimate of drug-likeness (QED) is 0.306. The van der Waals surface area contributed by atoms with E-state index in [9.17, 15) is 13.6 Å². The molecule has 7 nitrogen and oxygen atoms in total. The van der Waals surface area contributed by atoms with Crippen LogP contribution in [0, 0.1) is 0 Å². The third-order valence-corrected chi connectivity index (χ3v) is 6.85. The largest absolute Gasteiger partial charge is 0.361 e. The van der Waals surface area contributed by atoms with Gasteiger partial charge in [0.1, 0.15) is 6.73 Å². The molecule has 1 amide bonds. The first-order valence-electron chi connectivity index (χ1n) is 12.6. The number of alkyl halides is 2. The smallest absolute Gasteiger partial charge is 0.264 e. The summed E-state index contributed by atoms with van der Waals surface area (Å²) in [6.07, 6.45) is 5.17. The Morgan fingerprint density at radius 3 is 2.76 bits per heavy atom. The predicted molar refractivity (Wildman–Crippen MR) is 140 cm³/mol. The van der Waals surface area contributed by atoms with Gasteiger partial charge in [0.2, 0.25) is 0 Å². The molecular weight excluding hydrogens is 476 g/mol. The van der Waals surface area contributed by atoms with Crippen LogP contribution in [-0.4, -0.2) is 40.5 Å². The molecule has 1 aliphatic heterocycles. The van der Waals surface area contributed by atoms with E-state index in [1.165, 1.54) is 0 Å². The number of carbonyl (C=O) groups is 1. The molecule has 1 aliphatic rings. The number of benzene rings is 2. The van der Waals surface area contributed by atoms with Crippen LogP contribution in [0.1, 0.15) is 47.7 Å². The van der Waals surface area contributed by atoms with Gasteiger partial charge in [0.15, 0.2) is 0 Å². The lowest BCUT2D eigenvalue weighted by Gasteiger charge is -2.32. The fourth-order valence-corrected chi connectivity index (χ4v) is 5.09. The van der Waals surface area contributed by atoms with Gasteiger partial charge < -0.3 is 19.5 Å². The van der Waals surface area contributed by atoms with Crippen LogP contribution in [0.15, 0.2) is 48.9 Å². The summed E-state index contributed by atoms with van der Waals surface area (Å²) in [5.41, 5.74) is 5.29. The predicted octanol–water partition coefficient (Wildman–Crippen LogP) is 5.81. The normalized spacial score (nSPS) is 13.4. The van der Waals surface area contributed by atoms with Crippen molar-refractivity contribution >= 4 is 28.2 Å². The van der Waals surface area contributed by atoms with Gasteiger partial charge in [-0.25, -0.2) is 8.78 Å². The average molecular weight is 508 g/mol. The minimum Gasteiger partial charge on any atom is -0.361 e. The fourth-order valence-electron chi connectivity index (χ4n) is 5.09. The lowest BCUT2D eigenvalue weighted by Crippen LogP contribution is -2.25. The van der Waals surface area contributed by atoms with Gasteiger partial charge in [-0.2, -0.15) is 5.10 Å². The SMILES string of the molecule is CCCOCn1cc(C(=O)NC)c2cc(N3CCCc4cc(-c5cnn(C)c5)c(C(F)F)cc43)ccc21. The highest BCUT2D eigenvalue weighted by atomic mass is 19.3. The Bertz CT molecular complexity index is 1440. The van der Waals surface area contributed by atoms with Crippen LogP contribution in [0.25, 0.3) is 22.0 Å². The third-order valence-electron chi connectivity index (χ3n) is 6.85. The molecule has 37 heavy (non-hydrogen) atoms. The van der Waals surface area contributed by atoms with Crippen molar-refractivity contribution in [1.82, 2.24) is 19.7 Å². The van der Waals surface area contributed by atoms with Gasteiger partial charge in [-0.1, -0.05) is 6.92 Å². The van der Waals surface area contributed by atoms with Crippen LogP contribution in [0.3, 0.4) is 0 Å². The summed E-state index contributed by atoms with van der Waals surface area (Å²) in [5.74, 6) is -0.184. The van der Waals surface area contributed by atoms with Gasteiger partial charge >= 0.3 is 0 Å². The second-order valence-corrected chi connectivity index (χ2v) is 9.36. The van der Waals surface area contributed by atoms with Crippen molar-refractivity contribution in [2.45, 2.75) is 39.3 Å². The minimum atomic E-state index is -2.62. The van der Waals surface area contributed by atoms with E-state index in [-0.39, 0.29) is 11.5 Å². The molecule has 0 aliphatic carbocycles. The van der Waals surface area contributed by atoms with Crippen molar-refractivity contribution in [3.05, 3.63) is 65.6 Å². The summed E-state index contributed by atoms with van der Waals surface area (Å²) in [7, 11) is 3.38. The van der Waals surface area contributed by atoms with E-state index in [0.29, 0.717) is 36.6 Å². The first-order valence-corrected chi connectivity index (χ1v) is 12.6. The van der Waals surface area contributed by atoms with Gasteiger partial charge in [0.25, 0.3) is 12.3 Å². The topological polar surface area (TPSA) is 64.3 Å². The molecule has 1 N–H and O–H groups in total. The first kappa shape index (κ1) is 25.0. The summed E-state index contributed by atoms with van der Waals surface area (Å²) in [6.45, 7) is 3.72. The first-order chi connectivity index (χ1) is 17.9. The number of aromatic nitrogens is 3. The van der Waals surface area contributed by atoms with Crippen LogP contribution < -0.4 is 10.2 Å². The van der Waals surface area contributed by atoms with Crippen LogP contribution in [0.5, 0.6) is 0 Å². The molecule has 9 heteroatoms. The van der Waals surface area contributed by atoms with Crippen LogP contribution >= 0.6 is 0 Å². The zero-order chi connectivity index (χ0) is 26.1. The summed E-state index contributed by atoms with van der Waals surface area (Å²) in [4.78, 5) is 14.8. The zero-order valence-corrected chi connectivity index (χ0v) is 21.3. The lowest BCUT2D eigenvalue weighted by molar-refractivity contribution is 0.0801. The van der Waals surface area contributed by atoms with Crippen molar-refractivity contribution in [1.29, 1.82) is 0 Å². The number of halogens is 2. The molecule has 4 aromatic rings. The van der Waals surface area contributed by atoms with Crippen molar-refractivity contribution in [2.75, 3.05) is 25.1 Å². The maximum absolute atomic E-state index is 14.2. The van der Waals surface area contributed by atoms with Gasteiger partial charge in [0, 0.05) is 67.5 Å². The number of fused-ring (bicyclic) bond motifs is 2. The Morgan fingerprint density at radius 2 is 2.05 bits per heavy atom. The molecule has 0 bridgehead atoms. The second-order valence-electron chi connectivity index (χ2n) is 9.36. The number of amides is 1. The molecule has 0 radical (unpaired) electrons.